The number of hydrogen-bond donors (Lipinski definition) is 1. The van der Waals surface area contributed by atoms with E-state index in [4.69, 9.17) is 0 Å². The molecule has 1 aliphatic rings. The molecule has 5 heteroatoms. The molecular weight excluding hydrogens is 206 g/mol. The Labute approximate surface area is 90.8 Å². The van der Waals surface area contributed by atoms with Crippen LogP contribution < -0.4 is 11.2 Å². The lowest BCUT2D eigenvalue weighted by Crippen LogP contribution is -2.30. The van der Waals surface area contributed by atoms with Crippen molar-refractivity contribution in [2.75, 3.05) is 0 Å². The Kier molecular flexibility index (Phi) is 1.77. The minimum absolute atomic E-state index is 0.243. The van der Waals surface area contributed by atoms with E-state index in [0.29, 0.717) is 5.39 Å². The minimum atomic E-state index is -0.354. The van der Waals surface area contributed by atoms with Crippen LogP contribution in [-0.4, -0.2) is 14.5 Å². The summed E-state index contributed by atoms with van der Waals surface area (Å²) in [5.41, 5.74) is 0.932. The van der Waals surface area contributed by atoms with E-state index >= 15 is 0 Å². The van der Waals surface area contributed by atoms with Crippen molar-refractivity contribution in [2.45, 2.75) is 25.8 Å². The summed E-state index contributed by atoms with van der Waals surface area (Å²) < 4.78 is 1.69. The van der Waals surface area contributed by atoms with E-state index in [-0.39, 0.29) is 17.3 Å². The zero-order valence-corrected chi connectivity index (χ0v) is 8.86. The second-order valence-electron chi connectivity index (χ2n) is 4.21. The molecule has 0 amide bonds. The van der Waals surface area contributed by atoms with Gasteiger partial charge >= 0.3 is 5.69 Å². The quantitative estimate of drug-likeness (QED) is 0.765. The first-order valence-corrected chi connectivity index (χ1v) is 5.27. The molecule has 1 N–H and O–H groups in total. The third-order valence-corrected chi connectivity index (χ3v) is 2.94. The molecule has 1 fully saturated rings. The van der Waals surface area contributed by atoms with Gasteiger partial charge in [0, 0.05) is 18.4 Å². The molecule has 0 bridgehead atoms. The van der Waals surface area contributed by atoms with E-state index in [2.05, 4.69) is 9.97 Å². The van der Waals surface area contributed by atoms with Crippen LogP contribution in [0, 0.1) is 6.92 Å². The lowest BCUT2D eigenvalue weighted by atomic mass is 10.2. The first-order chi connectivity index (χ1) is 7.68. The van der Waals surface area contributed by atoms with Crippen molar-refractivity contribution in [2.24, 2.45) is 0 Å². The van der Waals surface area contributed by atoms with E-state index in [1.165, 1.54) is 6.20 Å². The maximum Gasteiger partial charge on any atom is 0.329 e. The van der Waals surface area contributed by atoms with Gasteiger partial charge in [-0.2, -0.15) is 0 Å². The van der Waals surface area contributed by atoms with Crippen LogP contribution in [0.25, 0.3) is 10.9 Å². The van der Waals surface area contributed by atoms with Crippen molar-refractivity contribution in [3.8, 4) is 0 Å². The van der Waals surface area contributed by atoms with Gasteiger partial charge < -0.3 is 0 Å². The lowest BCUT2D eigenvalue weighted by molar-refractivity contribution is 0.706. The molecule has 3 rings (SSSR count). The van der Waals surface area contributed by atoms with Crippen molar-refractivity contribution in [3.05, 3.63) is 38.8 Å². The highest BCUT2D eigenvalue weighted by Gasteiger charge is 2.27. The summed E-state index contributed by atoms with van der Waals surface area (Å²) in [7, 11) is 0. The third kappa shape index (κ3) is 1.21. The number of H-pyrrole nitrogens is 1. The standard InChI is InChI=1S/C11H11N3O2/c1-6-4-12-5-8-9(6)14(7-2-3-7)11(16)13-10(8)15/h4-5,7H,2-3H2,1H3,(H,13,15,16). The lowest BCUT2D eigenvalue weighted by Gasteiger charge is -2.09. The number of aromatic nitrogens is 3. The van der Waals surface area contributed by atoms with Gasteiger partial charge in [0.2, 0.25) is 0 Å². The van der Waals surface area contributed by atoms with Gasteiger partial charge in [0.1, 0.15) is 0 Å². The number of rotatable bonds is 1. The SMILES string of the molecule is Cc1cncc2c(=O)[nH]c(=O)n(C3CC3)c12. The number of nitrogens with one attached hydrogen (secondary N) is 1. The molecule has 0 atom stereocenters. The second-order valence-corrected chi connectivity index (χ2v) is 4.21. The monoisotopic (exact) mass is 217 g/mol. The topological polar surface area (TPSA) is 67.8 Å². The molecule has 0 aliphatic heterocycles. The molecule has 1 saturated carbocycles. The Hall–Kier alpha value is -1.91. The number of pyridine rings is 1. The van der Waals surface area contributed by atoms with Crippen molar-refractivity contribution in [1.29, 1.82) is 0 Å². The molecule has 82 valence electrons. The fourth-order valence-electron chi connectivity index (χ4n) is 2.05. The molecule has 0 unspecified atom stereocenters. The number of aromatic amines is 1. The second kappa shape index (κ2) is 3.04. The molecule has 0 saturated heterocycles. The summed E-state index contributed by atoms with van der Waals surface area (Å²) >= 11 is 0. The van der Waals surface area contributed by atoms with Gasteiger partial charge in [0.05, 0.1) is 10.9 Å². The molecule has 0 spiro atoms. The Morgan fingerprint density at radius 3 is 2.81 bits per heavy atom. The predicted octanol–water partition coefficient (Wildman–Crippen LogP) is 0.728. The summed E-state index contributed by atoms with van der Waals surface area (Å²) in [5, 5.41) is 0.492. The van der Waals surface area contributed by atoms with Crippen LogP contribution in [-0.2, 0) is 0 Å². The molecule has 2 heterocycles. The normalized spacial score (nSPS) is 15.6. The summed E-state index contributed by atoms with van der Waals surface area (Å²) in [6, 6.07) is 0.243. The van der Waals surface area contributed by atoms with Gasteiger partial charge in [0.25, 0.3) is 5.56 Å². The van der Waals surface area contributed by atoms with Gasteiger partial charge in [-0.05, 0) is 25.3 Å². The molecule has 5 nitrogen and oxygen atoms in total. The molecule has 16 heavy (non-hydrogen) atoms. The predicted molar refractivity (Wildman–Crippen MR) is 59.6 cm³/mol. The number of aryl methyl sites for hydroxylation is 1. The van der Waals surface area contributed by atoms with E-state index in [1.54, 1.807) is 10.8 Å². The molecule has 0 aromatic carbocycles. The average Bonchev–Trinajstić information content (AvgIpc) is 3.03. The highest BCUT2D eigenvalue weighted by atomic mass is 16.2. The summed E-state index contributed by atoms with van der Waals surface area (Å²) in [6.07, 6.45) is 5.20. The van der Waals surface area contributed by atoms with Crippen LogP contribution in [0.3, 0.4) is 0 Å². The number of fused-ring (bicyclic) bond motifs is 1. The zero-order valence-electron chi connectivity index (χ0n) is 8.86. The molecule has 0 radical (unpaired) electrons. The van der Waals surface area contributed by atoms with Gasteiger partial charge in [-0.3, -0.25) is 19.3 Å². The largest absolute Gasteiger partial charge is 0.329 e. The smallest absolute Gasteiger partial charge is 0.290 e. The fraction of sp³-hybridized carbons (Fsp3) is 0.364. The average molecular weight is 217 g/mol. The number of hydrogen-bond acceptors (Lipinski definition) is 3. The summed E-state index contributed by atoms with van der Waals surface area (Å²) in [4.78, 5) is 29.7. The molecule has 1 aliphatic carbocycles. The van der Waals surface area contributed by atoms with Gasteiger partial charge in [0.15, 0.2) is 0 Å². The Bertz CT molecular complexity index is 680. The number of nitrogens with zero attached hydrogens (tertiary/aromatic N) is 2. The Morgan fingerprint density at radius 2 is 2.12 bits per heavy atom. The van der Waals surface area contributed by atoms with Crippen LogP contribution in [0.4, 0.5) is 0 Å². The van der Waals surface area contributed by atoms with Crippen LogP contribution >= 0.6 is 0 Å². The van der Waals surface area contributed by atoms with Crippen LogP contribution in [0.15, 0.2) is 22.0 Å². The van der Waals surface area contributed by atoms with Crippen LogP contribution in [0.5, 0.6) is 0 Å². The van der Waals surface area contributed by atoms with Crippen LogP contribution in [0.1, 0.15) is 24.4 Å². The molecular formula is C11H11N3O2. The van der Waals surface area contributed by atoms with Crippen molar-refractivity contribution >= 4 is 10.9 Å². The fourth-order valence-corrected chi connectivity index (χ4v) is 2.05. The van der Waals surface area contributed by atoms with Crippen molar-refractivity contribution in [1.82, 2.24) is 14.5 Å². The first-order valence-electron chi connectivity index (χ1n) is 5.27. The first kappa shape index (κ1) is 9.33. The van der Waals surface area contributed by atoms with Crippen molar-refractivity contribution < 1.29 is 0 Å². The van der Waals surface area contributed by atoms with Gasteiger partial charge in [-0.25, -0.2) is 4.79 Å². The maximum absolute atomic E-state index is 11.8. The zero-order chi connectivity index (χ0) is 11.3. The highest BCUT2D eigenvalue weighted by molar-refractivity contribution is 5.80. The van der Waals surface area contributed by atoms with E-state index in [0.717, 1.165) is 23.9 Å². The third-order valence-electron chi connectivity index (χ3n) is 2.94. The van der Waals surface area contributed by atoms with Gasteiger partial charge in [-0.1, -0.05) is 0 Å². The van der Waals surface area contributed by atoms with E-state index in [1.807, 2.05) is 6.92 Å². The summed E-state index contributed by atoms with van der Waals surface area (Å²) in [6.45, 7) is 1.87. The highest BCUT2D eigenvalue weighted by Crippen LogP contribution is 2.35. The Morgan fingerprint density at radius 1 is 1.38 bits per heavy atom. The molecule has 2 aromatic rings. The summed E-state index contributed by atoms with van der Waals surface area (Å²) in [5.74, 6) is 0. The van der Waals surface area contributed by atoms with Crippen molar-refractivity contribution in [3.63, 3.8) is 0 Å². The Balaban J connectivity index is 2.56. The molecule has 2 aromatic heterocycles. The van der Waals surface area contributed by atoms with E-state index < -0.39 is 0 Å². The van der Waals surface area contributed by atoms with E-state index in [9.17, 15) is 9.59 Å². The van der Waals surface area contributed by atoms with Crippen LogP contribution in [0.2, 0.25) is 0 Å². The maximum atomic E-state index is 11.8. The minimum Gasteiger partial charge on any atom is -0.290 e. The van der Waals surface area contributed by atoms with Gasteiger partial charge in [-0.15, -0.1) is 0 Å².